The summed E-state index contributed by atoms with van der Waals surface area (Å²) in [5.41, 5.74) is 0.125. The van der Waals surface area contributed by atoms with Gasteiger partial charge in [0, 0.05) is 31.7 Å². The summed E-state index contributed by atoms with van der Waals surface area (Å²) in [6.07, 6.45) is 0.850. The number of rotatable bonds is 10. The van der Waals surface area contributed by atoms with Crippen LogP contribution in [0, 0.1) is 5.41 Å². The molecule has 2 N–H and O–H groups in total. The molecule has 1 rings (SSSR count). The highest BCUT2D eigenvalue weighted by Gasteiger charge is 2.48. The highest BCUT2D eigenvalue weighted by atomic mass is 16.5. The van der Waals surface area contributed by atoms with Crippen LogP contribution in [-0.4, -0.2) is 62.9 Å². The molecule has 1 aliphatic carbocycles. The molecule has 0 heterocycles. The minimum absolute atomic E-state index is 0.0112. The molecule has 5 nitrogen and oxygen atoms in total. The topological polar surface area (TPSA) is 60.0 Å². The Bertz CT molecular complexity index is 273. The second-order valence-electron chi connectivity index (χ2n) is 6.22. The van der Waals surface area contributed by atoms with Crippen molar-refractivity contribution in [2.24, 2.45) is 5.41 Å². The average Bonchev–Trinajstić information content (AvgIpc) is 2.40. The second kappa shape index (κ2) is 8.29. The van der Waals surface area contributed by atoms with Gasteiger partial charge < -0.3 is 24.6 Å². The van der Waals surface area contributed by atoms with Crippen molar-refractivity contribution in [3.8, 4) is 0 Å². The number of hydrogen-bond acceptors (Lipinski definition) is 5. The van der Waals surface area contributed by atoms with Gasteiger partial charge >= 0.3 is 0 Å². The maximum Gasteiger partial charge on any atom is 0.0897 e. The summed E-state index contributed by atoms with van der Waals surface area (Å²) < 4.78 is 16.2. The van der Waals surface area contributed by atoms with Crippen molar-refractivity contribution < 1.29 is 19.3 Å². The monoisotopic (exact) mass is 289 g/mol. The summed E-state index contributed by atoms with van der Waals surface area (Å²) >= 11 is 0. The normalized spacial score (nSPS) is 27.9. The molecule has 0 aromatic carbocycles. The van der Waals surface area contributed by atoms with E-state index in [0.717, 1.165) is 13.0 Å². The number of nitrogens with one attached hydrogen (secondary N) is 1. The van der Waals surface area contributed by atoms with Gasteiger partial charge in [0.1, 0.15) is 0 Å². The number of methoxy groups -OCH3 is 1. The molecule has 0 radical (unpaired) electrons. The van der Waals surface area contributed by atoms with Gasteiger partial charge in [0.05, 0.1) is 31.5 Å². The van der Waals surface area contributed by atoms with Crippen LogP contribution in [0.25, 0.3) is 0 Å². The van der Waals surface area contributed by atoms with Crippen LogP contribution in [-0.2, 0) is 14.2 Å². The Morgan fingerprint density at radius 3 is 2.60 bits per heavy atom. The lowest BCUT2D eigenvalue weighted by molar-refractivity contribution is -0.116. The fraction of sp³-hybridized carbons (Fsp3) is 1.00. The van der Waals surface area contributed by atoms with Crippen molar-refractivity contribution in [1.82, 2.24) is 5.32 Å². The molecule has 120 valence electrons. The van der Waals surface area contributed by atoms with Crippen LogP contribution in [0.2, 0.25) is 0 Å². The first-order valence-corrected chi connectivity index (χ1v) is 7.55. The minimum Gasteiger partial charge on any atom is -0.389 e. The number of ether oxygens (including phenoxy) is 3. The summed E-state index contributed by atoms with van der Waals surface area (Å²) in [5.74, 6) is 0. The zero-order chi connectivity index (χ0) is 15.2. The Morgan fingerprint density at radius 1 is 1.35 bits per heavy atom. The molecule has 0 saturated heterocycles. The van der Waals surface area contributed by atoms with Gasteiger partial charge in [-0.25, -0.2) is 0 Å². The lowest BCUT2D eigenvalue weighted by atomic mass is 9.64. The fourth-order valence-electron chi connectivity index (χ4n) is 2.61. The van der Waals surface area contributed by atoms with Crippen molar-refractivity contribution in [2.75, 3.05) is 33.5 Å². The van der Waals surface area contributed by atoms with Gasteiger partial charge in [0.15, 0.2) is 0 Å². The third-order valence-corrected chi connectivity index (χ3v) is 4.12. The molecule has 1 fully saturated rings. The molecule has 0 aromatic heterocycles. The molecule has 1 aliphatic rings. The first-order valence-electron chi connectivity index (χ1n) is 7.55. The Morgan fingerprint density at radius 2 is 2.05 bits per heavy atom. The zero-order valence-corrected chi connectivity index (χ0v) is 13.5. The fourth-order valence-corrected chi connectivity index (χ4v) is 2.61. The summed E-state index contributed by atoms with van der Waals surface area (Å²) in [7, 11) is 1.64. The standard InChI is InChI=1S/C15H31NO4/c1-6-19-14-7-13(15(14,3)4)16-8-12(17)10-20-11(2)9-18-5/h11-14,16-17H,6-10H2,1-5H3. The lowest BCUT2D eigenvalue weighted by Gasteiger charge is -2.52. The van der Waals surface area contributed by atoms with E-state index in [-0.39, 0.29) is 11.5 Å². The van der Waals surface area contributed by atoms with Gasteiger partial charge in [-0.3, -0.25) is 0 Å². The summed E-state index contributed by atoms with van der Waals surface area (Å²) in [4.78, 5) is 0. The zero-order valence-electron chi connectivity index (χ0n) is 13.5. The molecule has 4 atom stereocenters. The second-order valence-corrected chi connectivity index (χ2v) is 6.22. The molecule has 0 aliphatic heterocycles. The van der Waals surface area contributed by atoms with E-state index in [9.17, 15) is 5.11 Å². The van der Waals surface area contributed by atoms with E-state index in [2.05, 4.69) is 19.2 Å². The van der Waals surface area contributed by atoms with Crippen molar-refractivity contribution >= 4 is 0 Å². The Kier molecular flexibility index (Phi) is 7.40. The Labute approximate surface area is 123 Å². The predicted molar refractivity (Wildman–Crippen MR) is 78.9 cm³/mol. The smallest absolute Gasteiger partial charge is 0.0897 e. The van der Waals surface area contributed by atoms with Crippen LogP contribution in [0.1, 0.15) is 34.1 Å². The highest BCUT2D eigenvalue weighted by molar-refractivity contribution is 5.02. The quantitative estimate of drug-likeness (QED) is 0.633. The molecular weight excluding hydrogens is 258 g/mol. The van der Waals surface area contributed by atoms with E-state index in [4.69, 9.17) is 14.2 Å². The number of hydrogen-bond donors (Lipinski definition) is 2. The average molecular weight is 289 g/mol. The molecule has 4 unspecified atom stereocenters. The van der Waals surface area contributed by atoms with Gasteiger partial charge in [-0.1, -0.05) is 13.8 Å². The van der Waals surface area contributed by atoms with Gasteiger partial charge in [-0.05, 0) is 20.3 Å². The molecular formula is C15H31NO4. The summed E-state index contributed by atoms with van der Waals surface area (Å²) in [6.45, 7) is 10.6. The van der Waals surface area contributed by atoms with Gasteiger partial charge in [0.25, 0.3) is 0 Å². The number of aliphatic hydroxyl groups is 1. The van der Waals surface area contributed by atoms with Crippen LogP contribution in [0.4, 0.5) is 0 Å². The van der Waals surface area contributed by atoms with Crippen LogP contribution < -0.4 is 5.32 Å². The van der Waals surface area contributed by atoms with Crippen molar-refractivity contribution in [1.29, 1.82) is 0 Å². The highest BCUT2D eigenvalue weighted by Crippen LogP contribution is 2.42. The SMILES string of the molecule is CCOC1CC(NCC(O)COC(C)COC)C1(C)C. The predicted octanol–water partition coefficient (Wildman–Crippen LogP) is 1.19. The van der Waals surface area contributed by atoms with E-state index in [1.165, 1.54) is 0 Å². The van der Waals surface area contributed by atoms with E-state index >= 15 is 0 Å². The van der Waals surface area contributed by atoms with Gasteiger partial charge in [0.2, 0.25) is 0 Å². The minimum atomic E-state index is -0.490. The number of aliphatic hydroxyl groups excluding tert-OH is 1. The van der Waals surface area contributed by atoms with Gasteiger partial charge in [-0.2, -0.15) is 0 Å². The molecule has 1 saturated carbocycles. The third-order valence-electron chi connectivity index (χ3n) is 4.12. The van der Waals surface area contributed by atoms with Crippen molar-refractivity contribution in [3.05, 3.63) is 0 Å². The van der Waals surface area contributed by atoms with E-state index in [1.807, 2.05) is 13.8 Å². The first-order chi connectivity index (χ1) is 9.41. The summed E-state index contributed by atoms with van der Waals surface area (Å²) in [6, 6.07) is 0.394. The molecule has 0 amide bonds. The Balaban J connectivity index is 2.17. The van der Waals surface area contributed by atoms with Crippen molar-refractivity contribution in [3.63, 3.8) is 0 Å². The van der Waals surface area contributed by atoms with Crippen LogP contribution in [0.3, 0.4) is 0 Å². The van der Waals surface area contributed by atoms with E-state index in [1.54, 1.807) is 7.11 Å². The molecule has 0 bridgehead atoms. The third kappa shape index (κ3) is 4.97. The molecule has 5 heteroatoms. The van der Waals surface area contributed by atoms with Gasteiger partial charge in [-0.15, -0.1) is 0 Å². The largest absolute Gasteiger partial charge is 0.389 e. The van der Waals surface area contributed by atoms with Crippen LogP contribution >= 0.6 is 0 Å². The lowest BCUT2D eigenvalue weighted by Crippen LogP contribution is -2.61. The molecule has 0 aromatic rings. The van der Waals surface area contributed by atoms with Crippen molar-refractivity contribution in [2.45, 2.75) is 58.5 Å². The Hall–Kier alpha value is -0.200. The van der Waals surface area contributed by atoms with Crippen LogP contribution in [0.15, 0.2) is 0 Å². The molecule has 0 spiro atoms. The first kappa shape index (κ1) is 17.9. The molecule has 20 heavy (non-hydrogen) atoms. The maximum absolute atomic E-state index is 9.91. The van der Waals surface area contributed by atoms with E-state index in [0.29, 0.717) is 31.9 Å². The maximum atomic E-state index is 9.91. The van der Waals surface area contributed by atoms with E-state index < -0.39 is 6.10 Å². The van der Waals surface area contributed by atoms with Crippen LogP contribution in [0.5, 0.6) is 0 Å². The summed E-state index contributed by atoms with van der Waals surface area (Å²) in [5, 5.41) is 13.3.